The molecule has 0 fully saturated rings. The van der Waals surface area contributed by atoms with E-state index < -0.39 is 0 Å². The third kappa shape index (κ3) is 3.73. The van der Waals surface area contributed by atoms with Gasteiger partial charge in [0.2, 0.25) is 0 Å². The summed E-state index contributed by atoms with van der Waals surface area (Å²) in [7, 11) is 0. The van der Waals surface area contributed by atoms with Gasteiger partial charge in [-0.1, -0.05) is 111 Å². The zero-order valence-corrected chi connectivity index (χ0v) is 26.3. The van der Waals surface area contributed by atoms with E-state index in [4.69, 9.17) is 4.74 Å². The first-order valence-electron chi connectivity index (χ1n) is 16.4. The number of hydrogen-bond donors (Lipinski definition) is 0. The van der Waals surface area contributed by atoms with E-state index in [1.54, 1.807) is 0 Å². The molecule has 47 heavy (non-hydrogen) atoms. The molecule has 0 radical (unpaired) electrons. The Balaban J connectivity index is 1.21. The summed E-state index contributed by atoms with van der Waals surface area (Å²) < 4.78 is 8.98. The highest BCUT2D eigenvalue weighted by Gasteiger charge is 2.36. The molecule has 0 atom stereocenters. The van der Waals surface area contributed by atoms with Crippen molar-refractivity contribution in [2.24, 2.45) is 0 Å². The van der Waals surface area contributed by atoms with Crippen LogP contribution in [0.4, 0.5) is 0 Å². The summed E-state index contributed by atoms with van der Waals surface area (Å²) in [5, 5.41) is 2.53. The highest BCUT2D eigenvalue weighted by molar-refractivity contribution is 6.13. The lowest BCUT2D eigenvalue weighted by molar-refractivity contribution is 0.488. The van der Waals surface area contributed by atoms with Crippen molar-refractivity contribution in [3.63, 3.8) is 0 Å². The lowest BCUT2D eigenvalue weighted by Crippen LogP contribution is -2.14. The van der Waals surface area contributed by atoms with Gasteiger partial charge < -0.3 is 9.30 Å². The van der Waals surface area contributed by atoms with Gasteiger partial charge in [0, 0.05) is 33.0 Å². The summed E-state index contributed by atoms with van der Waals surface area (Å²) in [5.74, 6) is 1.77. The number of ether oxygens (including phenoxy) is 1. The maximum absolute atomic E-state index is 6.54. The van der Waals surface area contributed by atoms with Crippen LogP contribution in [-0.4, -0.2) is 4.57 Å². The van der Waals surface area contributed by atoms with Crippen molar-refractivity contribution in [3.8, 4) is 61.7 Å². The number of rotatable bonds is 2. The second kappa shape index (κ2) is 9.57. The van der Waals surface area contributed by atoms with E-state index in [1.807, 2.05) is 6.07 Å². The average Bonchev–Trinajstić information content (AvgIpc) is 3.49. The molecule has 10 rings (SSSR count). The van der Waals surface area contributed by atoms with E-state index in [2.05, 4.69) is 164 Å². The van der Waals surface area contributed by atoms with Crippen LogP contribution in [0.5, 0.6) is 11.5 Å². The molecule has 2 nitrogen and oxygen atoms in total. The fourth-order valence-electron chi connectivity index (χ4n) is 8.11. The minimum absolute atomic E-state index is 0.0664. The Morgan fingerprint density at radius 2 is 1.04 bits per heavy atom. The lowest BCUT2D eigenvalue weighted by atomic mass is 9.82. The molecule has 0 bridgehead atoms. The zero-order valence-electron chi connectivity index (χ0n) is 26.3. The van der Waals surface area contributed by atoms with E-state index in [0.717, 1.165) is 22.6 Å². The smallest absolute Gasteiger partial charge is 0.135 e. The molecular formula is C45H31NO. The fraction of sp³-hybridized carbons (Fsp3) is 0.0667. The van der Waals surface area contributed by atoms with Crippen LogP contribution in [0.25, 0.3) is 72.0 Å². The Kier molecular flexibility index (Phi) is 5.37. The van der Waals surface area contributed by atoms with Gasteiger partial charge in [0.15, 0.2) is 0 Å². The number of para-hydroxylation sites is 2. The predicted molar refractivity (Wildman–Crippen MR) is 195 cm³/mol. The van der Waals surface area contributed by atoms with E-state index in [0.29, 0.717) is 0 Å². The van der Waals surface area contributed by atoms with Gasteiger partial charge in [0.05, 0.1) is 11.0 Å². The van der Waals surface area contributed by atoms with Gasteiger partial charge in [-0.25, -0.2) is 0 Å². The van der Waals surface area contributed by atoms with Gasteiger partial charge in [-0.3, -0.25) is 0 Å². The van der Waals surface area contributed by atoms with Crippen LogP contribution in [-0.2, 0) is 5.41 Å². The summed E-state index contributed by atoms with van der Waals surface area (Å²) in [5.41, 5.74) is 16.0. The van der Waals surface area contributed by atoms with Crippen molar-refractivity contribution in [1.82, 2.24) is 4.57 Å². The van der Waals surface area contributed by atoms with Crippen molar-refractivity contribution >= 4 is 21.8 Å². The van der Waals surface area contributed by atoms with Gasteiger partial charge in [-0.05, 0) is 99.1 Å². The van der Waals surface area contributed by atoms with Gasteiger partial charge in [0.25, 0.3) is 0 Å². The van der Waals surface area contributed by atoms with Crippen molar-refractivity contribution in [2.75, 3.05) is 0 Å². The Labute approximate surface area is 274 Å². The number of hydrogen-bond acceptors (Lipinski definition) is 1. The van der Waals surface area contributed by atoms with Crippen LogP contribution < -0.4 is 4.74 Å². The monoisotopic (exact) mass is 601 g/mol. The Morgan fingerprint density at radius 1 is 0.426 bits per heavy atom. The van der Waals surface area contributed by atoms with E-state index >= 15 is 0 Å². The first-order valence-corrected chi connectivity index (χ1v) is 16.4. The molecule has 2 aliphatic rings. The predicted octanol–water partition coefficient (Wildman–Crippen LogP) is 12.2. The maximum atomic E-state index is 6.54. The van der Waals surface area contributed by atoms with E-state index in [-0.39, 0.29) is 5.41 Å². The molecule has 2 heterocycles. The maximum Gasteiger partial charge on any atom is 0.135 e. The first kappa shape index (κ1) is 26.4. The topological polar surface area (TPSA) is 14.2 Å². The van der Waals surface area contributed by atoms with E-state index in [1.165, 1.54) is 72.0 Å². The highest BCUT2D eigenvalue weighted by atomic mass is 16.5. The lowest BCUT2D eigenvalue weighted by Gasteiger charge is -2.21. The molecule has 7 aromatic carbocycles. The van der Waals surface area contributed by atoms with Crippen molar-refractivity contribution in [2.45, 2.75) is 19.3 Å². The minimum Gasteiger partial charge on any atom is -0.456 e. The molecule has 222 valence electrons. The van der Waals surface area contributed by atoms with E-state index in [9.17, 15) is 0 Å². The van der Waals surface area contributed by atoms with Crippen molar-refractivity contribution < 1.29 is 4.74 Å². The number of benzene rings is 7. The molecule has 8 aromatic rings. The van der Waals surface area contributed by atoms with Crippen LogP contribution in [0.3, 0.4) is 0 Å². The summed E-state index contributed by atoms with van der Waals surface area (Å²) in [6.45, 7) is 4.71. The van der Waals surface area contributed by atoms with Crippen LogP contribution in [0.2, 0.25) is 0 Å². The Morgan fingerprint density at radius 3 is 1.87 bits per heavy atom. The van der Waals surface area contributed by atoms with Gasteiger partial charge >= 0.3 is 0 Å². The second-order valence-corrected chi connectivity index (χ2v) is 13.3. The third-order valence-electron chi connectivity index (χ3n) is 10.4. The molecule has 1 aromatic heterocycles. The molecule has 0 amide bonds. The minimum atomic E-state index is -0.0664. The molecule has 0 spiro atoms. The van der Waals surface area contributed by atoms with Gasteiger partial charge in [-0.2, -0.15) is 0 Å². The fourth-order valence-corrected chi connectivity index (χ4v) is 8.11. The summed E-state index contributed by atoms with van der Waals surface area (Å²) in [6.07, 6.45) is 0. The third-order valence-corrected chi connectivity index (χ3v) is 10.4. The quantitative estimate of drug-likeness (QED) is 0.192. The van der Waals surface area contributed by atoms with Gasteiger partial charge in [0.1, 0.15) is 11.5 Å². The summed E-state index contributed by atoms with van der Waals surface area (Å²) in [6, 6.07) is 55.1. The zero-order chi connectivity index (χ0) is 31.3. The first-order chi connectivity index (χ1) is 23.1. The molecule has 2 heteroatoms. The molecule has 0 saturated carbocycles. The Bertz CT molecular complexity index is 2570. The number of fused-ring (bicyclic) bond motifs is 11. The number of nitrogens with zero attached hydrogens (tertiary/aromatic N) is 1. The number of aromatic nitrogens is 1. The standard InChI is InChI=1S/C45H31NO/c1-45(2)39-18-10-8-16-33(39)35-26-37-36-24-28(20-22-41(36)46(42(37)27-40(35)45)30-12-4-3-5-13-30)29-21-23-44-38(25-29)32-15-7-6-14-31(32)34-17-9-11-19-43(34)47-44/h3-27H,1-2H3. The average molecular weight is 602 g/mol. The molecule has 1 aliphatic heterocycles. The molecule has 0 saturated heterocycles. The largest absolute Gasteiger partial charge is 0.456 e. The SMILES string of the molecule is CC1(C)c2ccccc2-c2cc3c4cc(-c5ccc6c(c5)-c5ccccc5-c5ccccc5O6)ccc4n(-c4ccccc4)c3cc21. The highest BCUT2D eigenvalue weighted by Crippen LogP contribution is 2.52. The van der Waals surface area contributed by atoms with Crippen LogP contribution >= 0.6 is 0 Å². The molecule has 0 unspecified atom stereocenters. The van der Waals surface area contributed by atoms with Crippen molar-refractivity contribution in [1.29, 1.82) is 0 Å². The van der Waals surface area contributed by atoms with Crippen LogP contribution in [0.15, 0.2) is 152 Å². The van der Waals surface area contributed by atoms with Crippen LogP contribution in [0.1, 0.15) is 25.0 Å². The molecule has 0 N–H and O–H groups in total. The molecular weight excluding hydrogens is 571 g/mol. The van der Waals surface area contributed by atoms with Crippen LogP contribution in [0, 0.1) is 0 Å². The second-order valence-electron chi connectivity index (χ2n) is 13.3. The normalized spacial score (nSPS) is 13.7. The van der Waals surface area contributed by atoms with Gasteiger partial charge in [-0.15, -0.1) is 0 Å². The Hall–Kier alpha value is -5.86. The molecule has 1 aliphatic carbocycles. The summed E-state index contributed by atoms with van der Waals surface area (Å²) in [4.78, 5) is 0. The summed E-state index contributed by atoms with van der Waals surface area (Å²) >= 11 is 0. The van der Waals surface area contributed by atoms with Crippen molar-refractivity contribution in [3.05, 3.63) is 163 Å².